The van der Waals surface area contributed by atoms with Crippen LogP contribution < -0.4 is 10.6 Å². The van der Waals surface area contributed by atoms with Crippen molar-refractivity contribution in [2.45, 2.75) is 6.42 Å². The Balaban J connectivity index is 1.91. The van der Waals surface area contributed by atoms with Crippen LogP contribution in [0.3, 0.4) is 0 Å². The predicted octanol–water partition coefficient (Wildman–Crippen LogP) is 1.31. The van der Waals surface area contributed by atoms with Gasteiger partial charge in [-0.3, -0.25) is 0 Å². The van der Waals surface area contributed by atoms with Crippen LogP contribution in [0.2, 0.25) is 0 Å². The van der Waals surface area contributed by atoms with Crippen molar-refractivity contribution in [3.8, 4) is 0 Å². The number of aromatic carboxylic acids is 1. The summed E-state index contributed by atoms with van der Waals surface area (Å²) in [4.78, 5) is 17.3. The number of nitrogens with two attached hydrogens (primary N) is 1. The van der Waals surface area contributed by atoms with E-state index >= 15 is 0 Å². The number of hydrogen-bond acceptors (Lipinski definition) is 5. The highest BCUT2D eigenvalue weighted by molar-refractivity contribution is 5.92. The molecule has 3 rings (SSSR count). The van der Waals surface area contributed by atoms with E-state index in [1.165, 1.54) is 12.1 Å². The monoisotopic (exact) mass is 261 g/mol. The third kappa shape index (κ3) is 2.15. The molecule has 0 amide bonds. The summed E-state index contributed by atoms with van der Waals surface area (Å²) in [5.74, 6) is -0.492. The van der Waals surface area contributed by atoms with Gasteiger partial charge in [0.1, 0.15) is 5.52 Å². The minimum absolute atomic E-state index is 0.205. The molecule has 2 heterocycles. The highest BCUT2D eigenvalue weighted by atomic mass is 16.4. The molecule has 0 radical (unpaired) electrons. The minimum atomic E-state index is -0.968. The first kappa shape index (κ1) is 12.0. The zero-order chi connectivity index (χ0) is 13.4. The van der Waals surface area contributed by atoms with Gasteiger partial charge >= 0.3 is 5.97 Å². The second-order valence-electron chi connectivity index (χ2n) is 4.82. The molecular formula is C13H15N3O3. The maximum absolute atomic E-state index is 10.9. The van der Waals surface area contributed by atoms with Crippen LogP contribution in [0.4, 0.5) is 6.01 Å². The topological polar surface area (TPSA) is 92.6 Å². The van der Waals surface area contributed by atoms with E-state index < -0.39 is 5.97 Å². The van der Waals surface area contributed by atoms with Crippen LogP contribution in [-0.4, -0.2) is 35.7 Å². The fourth-order valence-corrected chi connectivity index (χ4v) is 2.38. The van der Waals surface area contributed by atoms with E-state index in [9.17, 15) is 4.79 Å². The second kappa shape index (κ2) is 4.55. The third-order valence-corrected chi connectivity index (χ3v) is 3.51. The van der Waals surface area contributed by atoms with Gasteiger partial charge in [0.2, 0.25) is 0 Å². The summed E-state index contributed by atoms with van der Waals surface area (Å²) in [5, 5.41) is 8.94. The molecule has 0 saturated carbocycles. The van der Waals surface area contributed by atoms with Crippen molar-refractivity contribution < 1.29 is 14.3 Å². The minimum Gasteiger partial charge on any atom is -0.478 e. The third-order valence-electron chi connectivity index (χ3n) is 3.51. The molecule has 1 aromatic heterocycles. The first-order chi connectivity index (χ1) is 9.17. The molecule has 6 heteroatoms. The van der Waals surface area contributed by atoms with E-state index in [0.29, 0.717) is 29.6 Å². The summed E-state index contributed by atoms with van der Waals surface area (Å²) in [6, 6.07) is 5.25. The predicted molar refractivity (Wildman–Crippen MR) is 70.3 cm³/mol. The van der Waals surface area contributed by atoms with Crippen LogP contribution >= 0.6 is 0 Å². The molecule has 1 aromatic carbocycles. The molecule has 0 aliphatic carbocycles. The van der Waals surface area contributed by atoms with Gasteiger partial charge in [-0.1, -0.05) is 0 Å². The first-order valence-corrected chi connectivity index (χ1v) is 6.26. The fourth-order valence-electron chi connectivity index (χ4n) is 2.38. The molecule has 0 bridgehead atoms. The number of carboxylic acid groups (broad SMARTS) is 1. The Labute approximate surface area is 109 Å². The maximum atomic E-state index is 10.9. The van der Waals surface area contributed by atoms with E-state index in [0.717, 1.165) is 19.5 Å². The summed E-state index contributed by atoms with van der Waals surface area (Å²) >= 11 is 0. The highest BCUT2D eigenvalue weighted by Gasteiger charge is 2.25. The molecule has 1 unspecified atom stereocenters. The van der Waals surface area contributed by atoms with E-state index in [2.05, 4.69) is 9.88 Å². The number of anilines is 1. The highest BCUT2D eigenvalue weighted by Crippen LogP contribution is 2.27. The van der Waals surface area contributed by atoms with Crippen molar-refractivity contribution in [1.29, 1.82) is 0 Å². The maximum Gasteiger partial charge on any atom is 0.335 e. The average Bonchev–Trinajstić information content (AvgIpc) is 3.03. The van der Waals surface area contributed by atoms with Crippen molar-refractivity contribution >= 4 is 23.1 Å². The van der Waals surface area contributed by atoms with Crippen molar-refractivity contribution in [3.63, 3.8) is 0 Å². The lowest BCUT2D eigenvalue weighted by atomic mass is 10.1. The molecule has 19 heavy (non-hydrogen) atoms. The number of carboxylic acids is 1. The number of nitrogens with zero attached hydrogens (tertiary/aromatic N) is 2. The van der Waals surface area contributed by atoms with Gasteiger partial charge in [-0.05, 0) is 37.1 Å². The Hall–Kier alpha value is -2.08. The molecule has 1 aliphatic heterocycles. The van der Waals surface area contributed by atoms with Crippen LogP contribution in [0.25, 0.3) is 11.1 Å². The smallest absolute Gasteiger partial charge is 0.335 e. The molecule has 0 spiro atoms. The normalized spacial score (nSPS) is 19.2. The second-order valence-corrected chi connectivity index (χ2v) is 4.82. The Kier molecular flexibility index (Phi) is 2.87. The van der Waals surface area contributed by atoms with E-state index in [4.69, 9.17) is 15.3 Å². The lowest BCUT2D eigenvalue weighted by molar-refractivity contribution is 0.0697. The number of benzene rings is 1. The Bertz CT molecular complexity index is 623. The molecule has 3 N–H and O–H groups in total. The molecule has 1 saturated heterocycles. The van der Waals surface area contributed by atoms with Crippen molar-refractivity contribution in [1.82, 2.24) is 4.98 Å². The van der Waals surface area contributed by atoms with Gasteiger partial charge < -0.3 is 20.2 Å². The average molecular weight is 261 g/mol. The number of hydrogen-bond donors (Lipinski definition) is 2. The number of rotatable bonds is 3. The molecule has 1 fully saturated rings. The van der Waals surface area contributed by atoms with Gasteiger partial charge in [0.25, 0.3) is 6.01 Å². The van der Waals surface area contributed by atoms with Crippen LogP contribution in [-0.2, 0) is 0 Å². The van der Waals surface area contributed by atoms with Gasteiger partial charge in [0.15, 0.2) is 5.58 Å². The fraction of sp³-hybridized carbons (Fsp3) is 0.385. The SMILES string of the molecule is NCC1CCN(c2nc3ccc(C(=O)O)cc3o2)C1. The molecule has 1 atom stereocenters. The summed E-state index contributed by atoms with van der Waals surface area (Å²) in [7, 11) is 0. The molecule has 1 aliphatic rings. The van der Waals surface area contributed by atoms with Gasteiger partial charge in [-0.25, -0.2) is 4.79 Å². The van der Waals surface area contributed by atoms with Crippen LogP contribution in [0.15, 0.2) is 22.6 Å². The molecule has 2 aromatic rings. The van der Waals surface area contributed by atoms with Gasteiger partial charge in [-0.2, -0.15) is 4.98 Å². The van der Waals surface area contributed by atoms with Crippen LogP contribution in [0, 0.1) is 5.92 Å². The van der Waals surface area contributed by atoms with E-state index in [1.54, 1.807) is 6.07 Å². The summed E-state index contributed by atoms with van der Waals surface area (Å²) < 4.78 is 5.65. The largest absolute Gasteiger partial charge is 0.478 e. The lowest BCUT2D eigenvalue weighted by Crippen LogP contribution is -2.22. The van der Waals surface area contributed by atoms with Crippen LogP contribution in [0.1, 0.15) is 16.8 Å². The zero-order valence-corrected chi connectivity index (χ0v) is 10.4. The van der Waals surface area contributed by atoms with Crippen molar-refractivity contribution in [2.75, 3.05) is 24.5 Å². The Morgan fingerprint density at radius 1 is 1.58 bits per heavy atom. The quantitative estimate of drug-likeness (QED) is 0.865. The summed E-state index contributed by atoms with van der Waals surface area (Å²) in [5.41, 5.74) is 7.05. The number of carbonyl (C=O) groups is 1. The number of fused-ring (bicyclic) bond motifs is 1. The van der Waals surface area contributed by atoms with Gasteiger partial charge in [0, 0.05) is 13.1 Å². The van der Waals surface area contributed by atoms with Gasteiger partial charge in [-0.15, -0.1) is 0 Å². The van der Waals surface area contributed by atoms with Crippen molar-refractivity contribution in [3.05, 3.63) is 23.8 Å². The zero-order valence-electron chi connectivity index (χ0n) is 10.4. The number of aromatic nitrogens is 1. The van der Waals surface area contributed by atoms with Crippen LogP contribution in [0.5, 0.6) is 0 Å². The molecular weight excluding hydrogens is 246 g/mol. The molecule has 100 valence electrons. The van der Waals surface area contributed by atoms with Gasteiger partial charge in [0.05, 0.1) is 5.56 Å². The van der Waals surface area contributed by atoms with Crippen molar-refractivity contribution in [2.24, 2.45) is 11.7 Å². The Morgan fingerprint density at radius 3 is 3.11 bits per heavy atom. The number of oxazole rings is 1. The lowest BCUT2D eigenvalue weighted by Gasteiger charge is -2.12. The Morgan fingerprint density at radius 2 is 2.42 bits per heavy atom. The standard InChI is InChI=1S/C13H15N3O3/c14-6-8-3-4-16(7-8)13-15-10-2-1-9(12(17)18)5-11(10)19-13/h1-2,5,8H,3-4,6-7,14H2,(H,17,18). The molecule has 6 nitrogen and oxygen atoms in total. The van der Waals surface area contributed by atoms with E-state index in [-0.39, 0.29) is 5.56 Å². The van der Waals surface area contributed by atoms with E-state index in [1.807, 2.05) is 0 Å². The summed E-state index contributed by atoms with van der Waals surface area (Å²) in [6.45, 7) is 2.38. The summed E-state index contributed by atoms with van der Waals surface area (Å²) in [6.07, 6.45) is 1.04. The first-order valence-electron chi connectivity index (χ1n) is 6.26.